The van der Waals surface area contributed by atoms with Gasteiger partial charge in [0.05, 0.1) is 24.3 Å². The second kappa shape index (κ2) is 4.87. The van der Waals surface area contributed by atoms with Crippen molar-refractivity contribution >= 4 is 5.91 Å². The molecule has 2 atom stereocenters. The maximum atomic E-state index is 11.9. The first-order valence-corrected chi connectivity index (χ1v) is 6.24. The fraction of sp³-hybridized carbons (Fsp3) is 0.667. The van der Waals surface area contributed by atoms with Gasteiger partial charge in [0, 0.05) is 25.6 Å². The highest BCUT2D eigenvalue weighted by Crippen LogP contribution is 2.30. The Balaban J connectivity index is 2.35. The van der Waals surface area contributed by atoms with Gasteiger partial charge in [-0.15, -0.1) is 0 Å². The monoisotopic (exact) mass is 236 g/mol. The minimum Gasteiger partial charge on any atom is -0.333 e. The Labute approximate surface area is 102 Å². The van der Waals surface area contributed by atoms with E-state index in [1.807, 2.05) is 18.0 Å². The lowest BCUT2D eigenvalue weighted by atomic mass is 9.94. The molecule has 0 aliphatic carbocycles. The Morgan fingerprint density at radius 1 is 1.47 bits per heavy atom. The minimum absolute atomic E-state index is 0.00894. The molecule has 0 bridgehead atoms. The Bertz CT molecular complexity index is 401. The van der Waals surface area contributed by atoms with Crippen LogP contribution in [0.15, 0.2) is 12.5 Å². The van der Waals surface area contributed by atoms with E-state index in [-0.39, 0.29) is 18.0 Å². The summed E-state index contributed by atoms with van der Waals surface area (Å²) in [5.74, 6) is 0.197. The van der Waals surface area contributed by atoms with Crippen LogP contribution in [0.5, 0.6) is 0 Å². The van der Waals surface area contributed by atoms with E-state index in [0.717, 1.165) is 18.7 Å². The molecule has 0 aromatic carbocycles. The highest BCUT2D eigenvalue weighted by Gasteiger charge is 2.35. The number of piperidine rings is 1. The molecule has 1 amide bonds. The number of hydrogen-bond acceptors (Lipinski definition) is 3. The maximum Gasteiger partial charge on any atom is 0.223 e. The second-order valence-electron chi connectivity index (χ2n) is 4.43. The molecule has 17 heavy (non-hydrogen) atoms. The van der Waals surface area contributed by atoms with Gasteiger partial charge in [0.15, 0.2) is 0 Å². The first-order valence-electron chi connectivity index (χ1n) is 6.24. The minimum atomic E-state index is -0.0244. The van der Waals surface area contributed by atoms with Crippen LogP contribution in [0.4, 0.5) is 0 Å². The Hall–Kier alpha value is -1.36. The standard InChI is InChI=1S/C12H20N4O/c1-3-15-8-14-7-10(15)12-9(13)5-6-11(17)16(12)4-2/h7-9,12H,3-6,13H2,1-2H3. The van der Waals surface area contributed by atoms with E-state index < -0.39 is 0 Å². The second-order valence-corrected chi connectivity index (χ2v) is 4.43. The fourth-order valence-corrected chi connectivity index (χ4v) is 2.57. The zero-order valence-corrected chi connectivity index (χ0v) is 10.5. The lowest BCUT2D eigenvalue weighted by molar-refractivity contribution is -0.137. The maximum absolute atomic E-state index is 11.9. The van der Waals surface area contributed by atoms with Crippen molar-refractivity contribution in [1.82, 2.24) is 14.5 Å². The molecule has 0 radical (unpaired) electrons. The number of nitrogens with two attached hydrogens (primary N) is 1. The molecule has 1 aliphatic heterocycles. The van der Waals surface area contributed by atoms with Crippen LogP contribution in [0.25, 0.3) is 0 Å². The third-order valence-electron chi connectivity index (χ3n) is 3.48. The van der Waals surface area contributed by atoms with Crippen molar-refractivity contribution in [2.75, 3.05) is 6.54 Å². The number of likely N-dealkylation sites (tertiary alicyclic amines) is 1. The number of rotatable bonds is 3. The van der Waals surface area contributed by atoms with Crippen molar-refractivity contribution in [2.45, 2.75) is 45.3 Å². The van der Waals surface area contributed by atoms with Gasteiger partial charge in [-0.05, 0) is 20.3 Å². The van der Waals surface area contributed by atoms with Crippen LogP contribution in [0.3, 0.4) is 0 Å². The average Bonchev–Trinajstić information content (AvgIpc) is 2.79. The lowest BCUT2D eigenvalue weighted by Gasteiger charge is -2.39. The molecule has 1 aromatic heterocycles. The molecule has 2 heterocycles. The molecule has 2 unspecified atom stereocenters. The molecule has 94 valence electrons. The Kier molecular flexibility index (Phi) is 3.47. The molecule has 1 saturated heterocycles. The summed E-state index contributed by atoms with van der Waals surface area (Å²) < 4.78 is 2.06. The van der Waals surface area contributed by atoms with Gasteiger partial charge in [0.2, 0.25) is 5.91 Å². The summed E-state index contributed by atoms with van der Waals surface area (Å²) in [5, 5.41) is 0. The van der Waals surface area contributed by atoms with Gasteiger partial charge in [0.25, 0.3) is 0 Å². The average molecular weight is 236 g/mol. The van der Waals surface area contributed by atoms with Crippen molar-refractivity contribution in [2.24, 2.45) is 5.73 Å². The summed E-state index contributed by atoms with van der Waals surface area (Å²) in [7, 11) is 0. The van der Waals surface area contributed by atoms with E-state index >= 15 is 0 Å². The number of amides is 1. The van der Waals surface area contributed by atoms with Gasteiger partial charge in [-0.2, -0.15) is 0 Å². The van der Waals surface area contributed by atoms with Crippen LogP contribution in [0.2, 0.25) is 0 Å². The summed E-state index contributed by atoms with van der Waals surface area (Å²) >= 11 is 0. The molecular weight excluding hydrogens is 216 g/mol. The smallest absolute Gasteiger partial charge is 0.223 e. The largest absolute Gasteiger partial charge is 0.333 e. The summed E-state index contributed by atoms with van der Waals surface area (Å²) in [6.45, 7) is 5.61. The number of nitrogens with zero attached hydrogens (tertiary/aromatic N) is 3. The van der Waals surface area contributed by atoms with Crippen LogP contribution < -0.4 is 5.73 Å². The summed E-state index contributed by atoms with van der Waals surface area (Å²) in [5.41, 5.74) is 7.24. The lowest BCUT2D eigenvalue weighted by Crippen LogP contribution is -2.49. The number of hydrogen-bond donors (Lipinski definition) is 1. The molecule has 2 N–H and O–H groups in total. The van der Waals surface area contributed by atoms with E-state index in [1.54, 1.807) is 6.33 Å². The predicted molar refractivity (Wildman–Crippen MR) is 65.2 cm³/mol. The molecule has 0 spiro atoms. The van der Waals surface area contributed by atoms with Gasteiger partial charge >= 0.3 is 0 Å². The zero-order chi connectivity index (χ0) is 12.4. The summed E-state index contributed by atoms with van der Waals surface area (Å²) in [6, 6.07) is -0.0154. The Morgan fingerprint density at radius 2 is 2.24 bits per heavy atom. The van der Waals surface area contributed by atoms with E-state index in [4.69, 9.17) is 5.73 Å². The molecule has 0 saturated carbocycles. The van der Waals surface area contributed by atoms with Crippen molar-refractivity contribution in [3.05, 3.63) is 18.2 Å². The molecule has 5 heteroatoms. The van der Waals surface area contributed by atoms with Gasteiger partial charge < -0.3 is 15.2 Å². The normalized spacial score (nSPS) is 25.4. The first kappa shape index (κ1) is 12.1. The zero-order valence-electron chi connectivity index (χ0n) is 10.5. The molecule has 5 nitrogen and oxygen atoms in total. The van der Waals surface area contributed by atoms with Crippen molar-refractivity contribution in [3.63, 3.8) is 0 Å². The highest BCUT2D eigenvalue weighted by molar-refractivity contribution is 5.77. The number of carbonyl (C=O) groups is 1. The van der Waals surface area contributed by atoms with E-state index in [0.29, 0.717) is 13.0 Å². The van der Waals surface area contributed by atoms with Crippen LogP contribution in [-0.4, -0.2) is 32.9 Å². The third kappa shape index (κ3) is 2.07. The summed E-state index contributed by atoms with van der Waals surface area (Å²) in [6.07, 6.45) is 4.95. The molecule has 1 fully saturated rings. The predicted octanol–water partition coefficient (Wildman–Crippen LogP) is 0.914. The third-order valence-corrected chi connectivity index (χ3v) is 3.48. The fourth-order valence-electron chi connectivity index (χ4n) is 2.57. The van der Waals surface area contributed by atoms with E-state index in [9.17, 15) is 4.79 Å². The topological polar surface area (TPSA) is 64.2 Å². The van der Waals surface area contributed by atoms with Gasteiger partial charge in [-0.1, -0.05) is 0 Å². The van der Waals surface area contributed by atoms with Crippen LogP contribution in [0.1, 0.15) is 38.4 Å². The number of likely N-dealkylation sites (N-methyl/N-ethyl adjacent to an activating group) is 1. The highest BCUT2D eigenvalue weighted by atomic mass is 16.2. The van der Waals surface area contributed by atoms with Crippen LogP contribution in [0, 0.1) is 0 Å². The van der Waals surface area contributed by atoms with E-state index in [2.05, 4.69) is 16.5 Å². The quantitative estimate of drug-likeness (QED) is 0.848. The van der Waals surface area contributed by atoms with Gasteiger partial charge in [-0.3, -0.25) is 4.79 Å². The van der Waals surface area contributed by atoms with Crippen molar-refractivity contribution in [3.8, 4) is 0 Å². The van der Waals surface area contributed by atoms with Crippen LogP contribution in [-0.2, 0) is 11.3 Å². The molecule has 1 aromatic rings. The first-order chi connectivity index (χ1) is 8.19. The van der Waals surface area contributed by atoms with E-state index in [1.165, 1.54) is 0 Å². The van der Waals surface area contributed by atoms with Gasteiger partial charge in [-0.25, -0.2) is 4.98 Å². The molecular formula is C12H20N4O. The van der Waals surface area contributed by atoms with Crippen LogP contribution >= 0.6 is 0 Å². The SMILES string of the molecule is CCN1C(=O)CCC(N)C1c1cncn1CC. The van der Waals surface area contributed by atoms with Gasteiger partial charge in [0.1, 0.15) is 0 Å². The van der Waals surface area contributed by atoms with Crippen molar-refractivity contribution in [1.29, 1.82) is 0 Å². The number of aromatic nitrogens is 2. The Morgan fingerprint density at radius 3 is 2.88 bits per heavy atom. The number of imidazole rings is 1. The van der Waals surface area contributed by atoms with Crippen molar-refractivity contribution < 1.29 is 4.79 Å². The molecule has 2 rings (SSSR count). The number of aryl methyl sites for hydroxylation is 1. The number of carbonyl (C=O) groups excluding carboxylic acids is 1. The summed E-state index contributed by atoms with van der Waals surface area (Å²) in [4.78, 5) is 18.0. The molecule has 1 aliphatic rings.